The van der Waals surface area contributed by atoms with Crippen molar-refractivity contribution in [3.63, 3.8) is 0 Å². The number of thioether (sulfide) groups is 1. The molecule has 0 saturated carbocycles. The lowest BCUT2D eigenvalue weighted by atomic mass is 10.1. The maximum Gasteiger partial charge on any atom is 0.435 e. The number of amides is 1. The van der Waals surface area contributed by atoms with E-state index in [4.69, 9.17) is 0 Å². The molecule has 2 heterocycles. The van der Waals surface area contributed by atoms with Crippen LogP contribution in [0.2, 0.25) is 0 Å². The van der Waals surface area contributed by atoms with Gasteiger partial charge in [-0.25, -0.2) is 4.98 Å². The summed E-state index contributed by atoms with van der Waals surface area (Å²) in [5, 5.41) is 10.6. The molecule has 0 aliphatic carbocycles. The van der Waals surface area contributed by atoms with Gasteiger partial charge in [0.25, 0.3) is 5.91 Å². The average Bonchev–Trinajstić information content (AvgIpc) is 2.70. The van der Waals surface area contributed by atoms with Gasteiger partial charge < -0.3 is 10.2 Å². The predicted molar refractivity (Wildman–Crippen MR) is 113 cm³/mol. The molecule has 0 spiro atoms. The van der Waals surface area contributed by atoms with Gasteiger partial charge in [-0.15, -0.1) is 22.0 Å². The number of hydrogen-bond donors (Lipinski definition) is 1. The number of carbonyl (C=O) groups excluding carboxylic acids is 1. The Kier molecular flexibility index (Phi) is 8.45. The van der Waals surface area contributed by atoms with Gasteiger partial charge in [-0.1, -0.05) is 19.8 Å². The van der Waals surface area contributed by atoms with Crippen molar-refractivity contribution in [1.29, 1.82) is 0 Å². The van der Waals surface area contributed by atoms with Crippen molar-refractivity contribution >= 4 is 29.2 Å². The summed E-state index contributed by atoms with van der Waals surface area (Å²) in [5.74, 6) is -0.495. The third kappa shape index (κ3) is 5.62. The van der Waals surface area contributed by atoms with Gasteiger partial charge in [-0.3, -0.25) is 4.79 Å². The molecule has 10 heteroatoms. The number of rotatable bonds is 9. The van der Waals surface area contributed by atoms with Crippen LogP contribution < -0.4 is 10.2 Å². The van der Waals surface area contributed by atoms with Crippen LogP contribution >= 0.6 is 11.8 Å². The van der Waals surface area contributed by atoms with Crippen molar-refractivity contribution in [1.82, 2.24) is 15.2 Å². The molecule has 0 unspecified atom stereocenters. The van der Waals surface area contributed by atoms with Gasteiger partial charge in [0, 0.05) is 25.0 Å². The molecule has 2 aromatic rings. The molecule has 2 rings (SSSR count). The summed E-state index contributed by atoms with van der Waals surface area (Å²) < 4.78 is 40.3. The minimum absolute atomic E-state index is 0.0487. The van der Waals surface area contributed by atoms with Crippen LogP contribution in [0.5, 0.6) is 0 Å². The van der Waals surface area contributed by atoms with Crippen LogP contribution in [0, 0.1) is 6.92 Å². The Hall–Kier alpha value is -2.36. The molecule has 30 heavy (non-hydrogen) atoms. The van der Waals surface area contributed by atoms with Gasteiger partial charge in [0.2, 0.25) is 0 Å². The third-order valence-corrected chi connectivity index (χ3v) is 5.15. The molecule has 0 radical (unpaired) electrons. The number of unbranched alkanes of at least 4 members (excludes halogenated alkanes) is 2. The van der Waals surface area contributed by atoms with E-state index >= 15 is 0 Å². The van der Waals surface area contributed by atoms with Gasteiger partial charge in [0.15, 0.2) is 11.5 Å². The van der Waals surface area contributed by atoms with Crippen LogP contribution in [0.15, 0.2) is 23.4 Å². The van der Waals surface area contributed by atoms with E-state index < -0.39 is 17.8 Å². The quantitative estimate of drug-likeness (QED) is 0.427. The van der Waals surface area contributed by atoms with Gasteiger partial charge in [-0.2, -0.15) is 13.2 Å². The smallest absolute Gasteiger partial charge is 0.368 e. The maximum absolute atomic E-state index is 13.6. The van der Waals surface area contributed by atoms with Gasteiger partial charge >= 0.3 is 6.18 Å². The predicted octanol–water partition coefficient (Wildman–Crippen LogP) is 5.19. The molecule has 0 fully saturated rings. The van der Waals surface area contributed by atoms with Crippen molar-refractivity contribution in [2.24, 2.45) is 0 Å². The van der Waals surface area contributed by atoms with Crippen LogP contribution in [0.4, 0.5) is 24.7 Å². The zero-order valence-corrected chi connectivity index (χ0v) is 18.3. The molecule has 164 valence electrons. The molecule has 0 aliphatic rings. The lowest BCUT2D eigenvalue weighted by Gasteiger charge is -2.25. The third-order valence-electron chi connectivity index (χ3n) is 4.51. The normalized spacial score (nSPS) is 11.4. The lowest BCUT2D eigenvalue weighted by molar-refractivity contribution is -0.142. The first-order chi connectivity index (χ1) is 14.2. The molecular formula is C20H26F3N5OS. The monoisotopic (exact) mass is 441 g/mol. The van der Waals surface area contributed by atoms with E-state index in [1.807, 2.05) is 13.2 Å². The van der Waals surface area contributed by atoms with Crippen molar-refractivity contribution in [2.75, 3.05) is 29.6 Å². The highest BCUT2D eigenvalue weighted by Crippen LogP contribution is 2.34. The highest BCUT2D eigenvalue weighted by atomic mass is 32.2. The molecule has 0 atom stereocenters. The fourth-order valence-corrected chi connectivity index (χ4v) is 3.43. The molecule has 1 N–H and O–H groups in total. The summed E-state index contributed by atoms with van der Waals surface area (Å²) in [6, 6.07) is 3.45. The zero-order chi connectivity index (χ0) is 22.3. The van der Waals surface area contributed by atoms with E-state index in [1.54, 1.807) is 25.3 Å². The first kappa shape index (κ1) is 23.9. The largest absolute Gasteiger partial charge is 0.435 e. The minimum atomic E-state index is -4.70. The van der Waals surface area contributed by atoms with Gasteiger partial charge in [0.1, 0.15) is 0 Å². The first-order valence-corrected chi connectivity index (χ1v) is 11.0. The van der Waals surface area contributed by atoms with Crippen molar-refractivity contribution in [3.05, 3.63) is 35.2 Å². The Morgan fingerprint density at radius 3 is 2.57 bits per heavy atom. The Balaban J connectivity index is 2.59. The van der Waals surface area contributed by atoms with Crippen LogP contribution in [0.3, 0.4) is 0 Å². The second-order valence-corrected chi connectivity index (χ2v) is 7.47. The highest BCUT2D eigenvalue weighted by molar-refractivity contribution is 7.98. The topological polar surface area (TPSA) is 71.0 Å². The summed E-state index contributed by atoms with van der Waals surface area (Å²) in [4.78, 5) is 19.3. The molecule has 2 aromatic heterocycles. The molecular weight excluding hydrogens is 415 g/mol. The molecule has 0 aliphatic heterocycles. The Morgan fingerprint density at radius 1 is 1.23 bits per heavy atom. The molecule has 0 bridgehead atoms. The Morgan fingerprint density at radius 2 is 1.97 bits per heavy atom. The zero-order valence-electron chi connectivity index (χ0n) is 17.5. The number of halogens is 3. The van der Waals surface area contributed by atoms with Crippen molar-refractivity contribution < 1.29 is 18.0 Å². The number of nitrogens with zero attached hydrogens (tertiary/aromatic N) is 4. The average molecular weight is 442 g/mol. The Bertz CT molecular complexity index is 876. The SMILES string of the molecule is CCCCCN(C(=O)c1c(NCC)nnc(C(F)(F)F)c1C)c1ccnc(SC)c1. The number of nitrogens with one attached hydrogen (secondary N) is 1. The van der Waals surface area contributed by atoms with Crippen LogP contribution in [0.25, 0.3) is 0 Å². The number of hydrogen-bond acceptors (Lipinski definition) is 6. The maximum atomic E-state index is 13.6. The van der Waals surface area contributed by atoms with Crippen LogP contribution in [-0.2, 0) is 6.18 Å². The molecule has 0 aromatic carbocycles. The summed E-state index contributed by atoms with van der Waals surface area (Å²) in [6.45, 7) is 5.84. The summed E-state index contributed by atoms with van der Waals surface area (Å²) >= 11 is 1.42. The molecule has 1 amide bonds. The summed E-state index contributed by atoms with van der Waals surface area (Å²) in [7, 11) is 0. The molecule has 0 saturated heterocycles. The van der Waals surface area contributed by atoms with Crippen molar-refractivity contribution in [2.45, 2.75) is 51.2 Å². The number of aromatic nitrogens is 3. The van der Waals surface area contributed by atoms with Gasteiger partial charge in [-0.05, 0) is 44.2 Å². The number of pyridine rings is 1. The van der Waals surface area contributed by atoms with Crippen LogP contribution in [0.1, 0.15) is 54.7 Å². The number of alkyl halides is 3. The molecule has 6 nitrogen and oxygen atoms in total. The fraction of sp³-hybridized carbons (Fsp3) is 0.500. The van der Waals surface area contributed by atoms with E-state index in [9.17, 15) is 18.0 Å². The second-order valence-electron chi connectivity index (χ2n) is 6.65. The van der Waals surface area contributed by atoms with E-state index in [2.05, 4.69) is 20.5 Å². The second kappa shape index (κ2) is 10.6. The first-order valence-electron chi connectivity index (χ1n) is 9.74. The van der Waals surface area contributed by atoms with Gasteiger partial charge in [0.05, 0.1) is 10.6 Å². The highest BCUT2D eigenvalue weighted by Gasteiger charge is 2.38. The standard InChI is InChI=1S/C20H26F3N5OS/c1-5-7-8-11-28(14-9-10-25-15(12-14)30-4)19(29)16-13(3)17(20(21,22)23)26-27-18(16)24-6-2/h9-10,12H,5-8,11H2,1-4H3,(H,24,27). The van der Waals surface area contributed by atoms with Crippen molar-refractivity contribution in [3.8, 4) is 0 Å². The minimum Gasteiger partial charge on any atom is -0.368 e. The fourth-order valence-electron chi connectivity index (χ4n) is 3.02. The van der Waals surface area contributed by atoms with Crippen LogP contribution in [-0.4, -0.2) is 40.4 Å². The lowest BCUT2D eigenvalue weighted by Crippen LogP contribution is -2.34. The van der Waals surface area contributed by atoms with E-state index in [-0.39, 0.29) is 16.9 Å². The summed E-state index contributed by atoms with van der Waals surface area (Å²) in [6.07, 6.45) is 1.32. The number of anilines is 2. The van der Waals surface area contributed by atoms with E-state index in [1.165, 1.54) is 23.6 Å². The number of carbonyl (C=O) groups is 1. The van der Waals surface area contributed by atoms with E-state index in [0.29, 0.717) is 23.8 Å². The summed E-state index contributed by atoms with van der Waals surface area (Å²) in [5.41, 5.74) is -0.917. The Labute approximate surface area is 178 Å². The van der Waals surface area contributed by atoms with E-state index in [0.717, 1.165) is 19.3 Å².